The second kappa shape index (κ2) is 11.2. The van der Waals surface area contributed by atoms with E-state index >= 15 is 0 Å². The van der Waals surface area contributed by atoms with Gasteiger partial charge in [-0.15, -0.1) is 0 Å². The first-order chi connectivity index (χ1) is 17.7. The minimum Gasteiger partial charge on any atom is -0.416 e. The summed E-state index contributed by atoms with van der Waals surface area (Å²) in [5.74, 6) is -2.46. The summed E-state index contributed by atoms with van der Waals surface area (Å²) in [7, 11) is 0. The van der Waals surface area contributed by atoms with Crippen LogP contribution in [0.3, 0.4) is 0 Å². The van der Waals surface area contributed by atoms with Gasteiger partial charge in [-0.05, 0) is 42.5 Å². The van der Waals surface area contributed by atoms with Gasteiger partial charge in [0.15, 0.2) is 0 Å². The normalized spacial score (nSPS) is 14.2. The van der Waals surface area contributed by atoms with E-state index in [1.54, 1.807) is 6.20 Å². The van der Waals surface area contributed by atoms with E-state index in [1.165, 1.54) is 30.6 Å². The Bertz CT molecular complexity index is 1260. The van der Waals surface area contributed by atoms with Crippen LogP contribution in [0, 0.1) is 10.8 Å². The van der Waals surface area contributed by atoms with Crippen LogP contribution in [-0.4, -0.2) is 58.7 Å². The van der Waals surface area contributed by atoms with Crippen molar-refractivity contribution in [2.45, 2.75) is 12.7 Å². The summed E-state index contributed by atoms with van der Waals surface area (Å²) in [5.41, 5.74) is 0.583. The molecule has 3 heterocycles. The Kier molecular flexibility index (Phi) is 7.77. The SMILES string of the molecule is N=C(OC(=N)c1ccncc1)C(=O)Nc1cc(C(F)(F)F)ccc1N1CCN(Cc2ccccn2)CC1. The molecule has 0 spiro atoms. The molecular formula is C25H24F3N7O2. The Morgan fingerprint density at radius 3 is 2.38 bits per heavy atom. The molecule has 0 atom stereocenters. The van der Waals surface area contributed by atoms with Crippen LogP contribution in [0.5, 0.6) is 0 Å². The topological polar surface area (TPSA) is 118 Å². The molecule has 1 aliphatic heterocycles. The second-order valence-electron chi connectivity index (χ2n) is 8.26. The van der Waals surface area contributed by atoms with Crippen LogP contribution < -0.4 is 10.2 Å². The molecule has 1 saturated heterocycles. The number of alkyl halides is 3. The first-order valence-electron chi connectivity index (χ1n) is 11.4. The van der Waals surface area contributed by atoms with Crippen LogP contribution in [0.25, 0.3) is 0 Å². The van der Waals surface area contributed by atoms with Crippen LogP contribution in [0.4, 0.5) is 24.5 Å². The highest BCUT2D eigenvalue weighted by atomic mass is 19.4. The zero-order chi connectivity index (χ0) is 26.4. The van der Waals surface area contributed by atoms with Crippen molar-refractivity contribution in [3.63, 3.8) is 0 Å². The van der Waals surface area contributed by atoms with Gasteiger partial charge in [0.2, 0.25) is 5.90 Å². The van der Waals surface area contributed by atoms with Crippen molar-refractivity contribution in [3.8, 4) is 0 Å². The lowest BCUT2D eigenvalue weighted by Gasteiger charge is -2.37. The summed E-state index contributed by atoms with van der Waals surface area (Å²) in [6.07, 6.45) is -0.0562. The van der Waals surface area contributed by atoms with Crippen molar-refractivity contribution in [3.05, 3.63) is 83.9 Å². The molecule has 2 aromatic heterocycles. The summed E-state index contributed by atoms with van der Waals surface area (Å²) < 4.78 is 45.3. The highest BCUT2D eigenvalue weighted by Crippen LogP contribution is 2.36. The summed E-state index contributed by atoms with van der Waals surface area (Å²) in [4.78, 5) is 24.9. The van der Waals surface area contributed by atoms with Gasteiger partial charge in [0, 0.05) is 56.9 Å². The molecule has 3 N–H and O–H groups in total. The number of carbonyl (C=O) groups is 1. The van der Waals surface area contributed by atoms with Gasteiger partial charge >= 0.3 is 12.1 Å². The number of piperazine rings is 1. The maximum atomic E-state index is 13.4. The molecule has 192 valence electrons. The maximum absolute atomic E-state index is 13.4. The molecular weight excluding hydrogens is 487 g/mol. The first-order valence-corrected chi connectivity index (χ1v) is 11.4. The molecule has 0 saturated carbocycles. The Hall–Kier alpha value is -4.32. The van der Waals surface area contributed by atoms with Gasteiger partial charge in [-0.3, -0.25) is 30.5 Å². The monoisotopic (exact) mass is 511 g/mol. The number of anilines is 2. The molecule has 9 nitrogen and oxygen atoms in total. The number of nitrogens with zero attached hydrogens (tertiary/aromatic N) is 4. The van der Waals surface area contributed by atoms with Crippen LogP contribution in [0.2, 0.25) is 0 Å². The molecule has 12 heteroatoms. The van der Waals surface area contributed by atoms with Crippen LogP contribution in [0.15, 0.2) is 67.1 Å². The van der Waals surface area contributed by atoms with Gasteiger partial charge in [-0.25, -0.2) is 0 Å². The number of nitrogens with one attached hydrogen (secondary N) is 3. The predicted molar refractivity (Wildman–Crippen MR) is 132 cm³/mol. The summed E-state index contributed by atoms with van der Waals surface area (Å²) in [6.45, 7) is 2.98. The molecule has 37 heavy (non-hydrogen) atoms. The van der Waals surface area contributed by atoms with E-state index in [4.69, 9.17) is 15.6 Å². The van der Waals surface area contributed by atoms with Crippen LogP contribution >= 0.6 is 0 Å². The molecule has 1 aromatic carbocycles. The number of pyridine rings is 2. The third-order valence-electron chi connectivity index (χ3n) is 5.75. The zero-order valence-electron chi connectivity index (χ0n) is 19.6. The second-order valence-corrected chi connectivity index (χ2v) is 8.26. The fourth-order valence-corrected chi connectivity index (χ4v) is 3.85. The number of hydrogen-bond donors (Lipinski definition) is 3. The lowest BCUT2D eigenvalue weighted by atomic mass is 10.1. The van der Waals surface area contributed by atoms with Crippen molar-refractivity contribution in [2.75, 3.05) is 36.4 Å². The van der Waals surface area contributed by atoms with Crippen molar-refractivity contribution in [1.29, 1.82) is 10.8 Å². The molecule has 3 aromatic rings. The van der Waals surface area contributed by atoms with Crippen molar-refractivity contribution >= 4 is 29.1 Å². The Morgan fingerprint density at radius 2 is 1.73 bits per heavy atom. The molecule has 1 aliphatic rings. The minimum absolute atomic E-state index is 0.0956. The van der Waals surface area contributed by atoms with Gasteiger partial charge < -0.3 is 15.0 Å². The fourth-order valence-electron chi connectivity index (χ4n) is 3.85. The smallest absolute Gasteiger partial charge is 0.416 e. The molecule has 4 rings (SSSR count). The minimum atomic E-state index is -4.62. The average molecular weight is 512 g/mol. The number of amides is 1. The molecule has 1 amide bonds. The number of aromatic nitrogens is 2. The Morgan fingerprint density at radius 1 is 1.00 bits per heavy atom. The van der Waals surface area contributed by atoms with Crippen LogP contribution in [-0.2, 0) is 22.3 Å². The van der Waals surface area contributed by atoms with Gasteiger partial charge in [0.05, 0.1) is 22.6 Å². The third-order valence-corrected chi connectivity index (χ3v) is 5.75. The first kappa shape index (κ1) is 25.8. The Labute approximate surface area is 210 Å². The maximum Gasteiger partial charge on any atom is 0.416 e. The largest absolute Gasteiger partial charge is 0.416 e. The molecule has 0 radical (unpaired) electrons. The molecule has 1 fully saturated rings. The van der Waals surface area contributed by atoms with E-state index in [0.29, 0.717) is 38.4 Å². The number of carbonyl (C=O) groups excluding carboxylic acids is 1. The van der Waals surface area contributed by atoms with Gasteiger partial charge in [0.25, 0.3) is 5.90 Å². The van der Waals surface area contributed by atoms with Crippen molar-refractivity contribution < 1.29 is 22.7 Å². The molecule has 0 aliphatic carbocycles. The van der Waals surface area contributed by atoms with Gasteiger partial charge in [0.1, 0.15) is 0 Å². The summed E-state index contributed by atoms with van der Waals surface area (Å²) >= 11 is 0. The van der Waals surface area contributed by atoms with E-state index in [-0.39, 0.29) is 11.3 Å². The van der Waals surface area contributed by atoms with E-state index in [1.807, 2.05) is 23.1 Å². The lowest BCUT2D eigenvalue weighted by Crippen LogP contribution is -2.46. The summed E-state index contributed by atoms with van der Waals surface area (Å²) in [5, 5.41) is 18.2. The summed E-state index contributed by atoms with van der Waals surface area (Å²) in [6, 6.07) is 11.7. The number of ether oxygens (including phenoxy) is 1. The molecule has 0 unspecified atom stereocenters. The average Bonchev–Trinajstić information content (AvgIpc) is 2.89. The Balaban J connectivity index is 1.47. The highest BCUT2D eigenvalue weighted by molar-refractivity contribution is 6.40. The molecule has 0 bridgehead atoms. The van der Waals surface area contributed by atoms with Crippen molar-refractivity contribution in [1.82, 2.24) is 14.9 Å². The lowest BCUT2D eigenvalue weighted by molar-refractivity contribution is -0.137. The zero-order valence-corrected chi connectivity index (χ0v) is 19.6. The number of halogens is 3. The number of benzene rings is 1. The van der Waals surface area contributed by atoms with E-state index in [9.17, 15) is 18.0 Å². The highest BCUT2D eigenvalue weighted by Gasteiger charge is 2.32. The number of rotatable bonds is 5. The predicted octanol–water partition coefficient (Wildman–Crippen LogP) is 3.78. The fraction of sp³-hybridized carbons (Fsp3) is 0.240. The van der Waals surface area contributed by atoms with E-state index in [2.05, 4.69) is 20.2 Å². The van der Waals surface area contributed by atoms with E-state index in [0.717, 1.165) is 17.8 Å². The standard InChI is InChI=1S/C25H24F3N7O2/c26-25(27,28)18-4-5-21(35-13-11-34(12-14-35)16-19-3-1-2-8-32-19)20(15-18)33-24(36)23(30)37-22(29)17-6-9-31-10-7-17/h1-10,15,29-30H,11-14,16H2,(H,33,36). The van der Waals surface area contributed by atoms with Gasteiger partial charge in [-0.2, -0.15) is 13.2 Å². The number of hydrogen-bond acceptors (Lipinski definition) is 8. The van der Waals surface area contributed by atoms with E-state index < -0.39 is 29.4 Å². The van der Waals surface area contributed by atoms with Crippen LogP contribution in [0.1, 0.15) is 16.8 Å². The van der Waals surface area contributed by atoms with Crippen molar-refractivity contribution in [2.24, 2.45) is 0 Å². The van der Waals surface area contributed by atoms with Gasteiger partial charge in [-0.1, -0.05) is 6.07 Å². The third kappa shape index (κ3) is 6.67. The quantitative estimate of drug-likeness (QED) is 0.355.